The molecule has 6 rings (SSSR count). The third kappa shape index (κ3) is 5.58. The summed E-state index contributed by atoms with van der Waals surface area (Å²) in [4.78, 5) is 4.83. The molecule has 0 saturated heterocycles. The molecule has 2 aromatic carbocycles. The summed E-state index contributed by atoms with van der Waals surface area (Å²) in [6, 6.07) is 3.99. The summed E-state index contributed by atoms with van der Waals surface area (Å²) in [6.07, 6.45) is 4.27. The van der Waals surface area contributed by atoms with Gasteiger partial charge in [-0.3, -0.25) is 0 Å². The standard InChI is InChI=1S/2C18H25N2O.Y/c2*1-11(19)12-10-13-15-14(16(12)21)18(4,5)7-9-20(15)8-6-17(13,2)3;/h2*10,21H,6-9H2,1-5H3;/q2*-1;. The van der Waals surface area contributed by atoms with Crippen molar-refractivity contribution < 1.29 is 42.9 Å². The quantitative estimate of drug-likeness (QED) is 0.321. The zero-order chi connectivity index (χ0) is 31.2. The number of aromatic hydroxyl groups is 2. The smallest absolute Gasteiger partial charge is 0.127 e. The summed E-state index contributed by atoms with van der Waals surface area (Å²) >= 11 is 0. The van der Waals surface area contributed by atoms with Crippen molar-refractivity contribution in [2.24, 2.45) is 0 Å². The molecular formula is C36H50N4O2Y-2. The van der Waals surface area contributed by atoms with Crippen molar-refractivity contribution in [3.63, 3.8) is 0 Å². The van der Waals surface area contributed by atoms with Crippen LogP contribution in [0.3, 0.4) is 0 Å². The zero-order valence-corrected chi connectivity index (χ0v) is 30.9. The van der Waals surface area contributed by atoms with Crippen LogP contribution >= 0.6 is 0 Å². The van der Waals surface area contributed by atoms with E-state index in [0.29, 0.717) is 11.1 Å². The van der Waals surface area contributed by atoms with E-state index in [1.165, 1.54) is 22.5 Å². The molecule has 0 spiro atoms. The van der Waals surface area contributed by atoms with Crippen molar-refractivity contribution in [1.29, 1.82) is 0 Å². The molecule has 43 heavy (non-hydrogen) atoms. The molecule has 0 aromatic heterocycles. The number of benzene rings is 2. The Hall–Kier alpha value is -1.92. The minimum atomic E-state index is -0.0659. The van der Waals surface area contributed by atoms with E-state index in [1.54, 1.807) is 13.8 Å². The third-order valence-electron chi connectivity index (χ3n) is 10.8. The van der Waals surface area contributed by atoms with Crippen LogP contribution in [0.5, 0.6) is 11.5 Å². The number of hydrogen-bond acceptors (Lipinski definition) is 4. The van der Waals surface area contributed by atoms with Gasteiger partial charge in [0.05, 0.1) is 0 Å². The molecule has 0 saturated carbocycles. The first-order valence-electron chi connectivity index (χ1n) is 15.7. The van der Waals surface area contributed by atoms with Gasteiger partial charge in [-0.25, -0.2) is 0 Å². The average Bonchev–Trinajstić information content (AvgIpc) is 2.86. The summed E-state index contributed by atoms with van der Waals surface area (Å²) in [5.41, 5.74) is 8.57. The molecule has 4 aliphatic rings. The van der Waals surface area contributed by atoms with E-state index >= 15 is 0 Å². The van der Waals surface area contributed by atoms with E-state index in [4.69, 9.17) is 0 Å². The topological polar surface area (TPSA) is 91.5 Å². The predicted octanol–water partition coefficient (Wildman–Crippen LogP) is 7.88. The molecule has 4 heterocycles. The molecule has 7 heteroatoms. The fraction of sp³-hybridized carbons (Fsp3) is 0.611. The van der Waals surface area contributed by atoms with E-state index in [-0.39, 0.29) is 77.3 Å². The van der Waals surface area contributed by atoms with Crippen molar-refractivity contribution in [3.8, 4) is 11.5 Å². The Balaban J connectivity index is 0.000000192. The molecule has 0 atom stereocenters. The van der Waals surface area contributed by atoms with Crippen LogP contribution in [0.1, 0.15) is 128 Å². The Morgan fingerprint density at radius 2 is 0.860 bits per heavy atom. The maximum Gasteiger partial charge on any atom is 0.127 e. The molecule has 2 N–H and O–H groups in total. The molecule has 0 aliphatic carbocycles. The van der Waals surface area contributed by atoms with Gasteiger partial charge in [-0.2, -0.15) is 11.4 Å². The number of phenols is 2. The van der Waals surface area contributed by atoms with E-state index in [1.807, 2.05) is 12.1 Å². The minimum Gasteiger partial charge on any atom is -0.807 e. The van der Waals surface area contributed by atoms with Gasteiger partial charge in [-0.05, 0) is 81.7 Å². The Morgan fingerprint density at radius 1 is 0.581 bits per heavy atom. The van der Waals surface area contributed by atoms with E-state index in [0.717, 1.165) is 63.0 Å². The number of hydrogen-bond donors (Lipinski definition) is 2. The largest absolute Gasteiger partial charge is 0.807 e. The van der Waals surface area contributed by atoms with Crippen molar-refractivity contribution in [1.82, 2.24) is 0 Å². The fourth-order valence-electron chi connectivity index (χ4n) is 7.70. The molecule has 0 amide bonds. The Labute approximate surface area is 284 Å². The normalized spacial score (nSPS) is 21.3. The second-order valence-corrected chi connectivity index (χ2v) is 15.8. The van der Waals surface area contributed by atoms with Crippen molar-refractivity contribution >= 4 is 22.8 Å². The van der Waals surface area contributed by atoms with Crippen LogP contribution in [0.25, 0.3) is 10.8 Å². The second-order valence-electron chi connectivity index (χ2n) is 15.8. The van der Waals surface area contributed by atoms with Gasteiger partial charge in [0.2, 0.25) is 0 Å². The molecular weight excluding hydrogens is 609 g/mol. The first-order valence-corrected chi connectivity index (χ1v) is 15.7. The van der Waals surface area contributed by atoms with Crippen LogP contribution in [-0.4, -0.2) is 47.8 Å². The van der Waals surface area contributed by atoms with Crippen molar-refractivity contribution in [2.45, 2.75) is 117 Å². The van der Waals surface area contributed by atoms with Crippen LogP contribution in [0.4, 0.5) is 11.4 Å². The van der Waals surface area contributed by atoms with Crippen LogP contribution in [-0.2, 0) is 54.4 Å². The van der Waals surface area contributed by atoms with Crippen LogP contribution in [0.2, 0.25) is 0 Å². The van der Waals surface area contributed by atoms with Gasteiger partial charge in [0.25, 0.3) is 0 Å². The first kappa shape index (κ1) is 34.0. The molecule has 0 bridgehead atoms. The first-order chi connectivity index (χ1) is 19.3. The summed E-state index contributed by atoms with van der Waals surface area (Å²) in [6.45, 7) is 25.3. The number of nitrogens with zero attached hydrogens (tertiary/aromatic N) is 4. The van der Waals surface area contributed by atoms with Gasteiger partial charge in [-0.1, -0.05) is 69.2 Å². The molecule has 6 nitrogen and oxygen atoms in total. The minimum absolute atomic E-state index is 0. The van der Waals surface area contributed by atoms with Gasteiger partial charge in [0.1, 0.15) is 11.5 Å². The van der Waals surface area contributed by atoms with Crippen LogP contribution in [0.15, 0.2) is 12.1 Å². The monoisotopic (exact) mass is 659 g/mol. The summed E-state index contributed by atoms with van der Waals surface area (Å²) in [5.74, 6) is 0.530. The maximum absolute atomic E-state index is 10.8. The molecule has 4 aliphatic heterocycles. The average molecular weight is 660 g/mol. The van der Waals surface area contributed by atoms with E-state index in [2.05, 4.69) is 65.2 Å². The second kappa shape index (κ2) is 11.2. The molecule has 2 aromatic rings. The SMILES string of the molecule is CC(=[N-])c1cc2c3c(c1O)C(C)(C)CCN3CCC2(C)C.CC(=[N-])c1cc2c3c(c1O)C(C)(C)CCN3CCC2(C)C.[Y]. The summed E-state index contributed by atoms with van der Waals surface area (Å²) in [7, 11) is 0. The Morgan fingerprint density at radius 3 is 1.14 bits per heavy atom. The zero-order valence-electron chi connectivity index (χ0n) is 28.1. The van der Waals surface area contributed by atoms with Crippen LogP contribution in [0, 0.1) is 0 Å². The van der Waals surface area contributed by atoms with Gasteiger partial charge >= 0.3 is 0 Å². The Kier molecular flexibility index (Phi) is 8.81. The van der Waals surface area contributed by atoms with E-state index < -0.39 is 0 Å². The summed E-state index contributed by atoms with van der Waals surface area (Å²) < 4.78 is 0. The van der Waals surface area contributed by atoms with Gasteiger partial charge < -0.3 is 30.8 Å². The van der Waals surface area contributed by atoms with Gasteiger partial charge in [-0.15, -0.1) is 0 Å². The van der Waals surface area contributed by atoms with Gasteiger partial charge in [0.15, 0.2) is 0 Å². The van der Waals surface area contributed by atoms with Crippen LogP contribution < -0.4 is 9.80 Å². The van der Waals surface area contributed by atoms with Crippen molar-refractivity contribution in [2.75, 3.05) is 36.0 Å². The summed E-state index contributed by atoms with van der Waals surface area (Å²) in [5, 5.41) is 41.5. The van der Waals surface area contributed by atoms with Gasteiger partial charge in [0, 0.05) is 81.4 Å². The fourth-order valence-corrected chi connectivity index (χ4v) is 7.70. The third-order valence-corrected chi connectivity index (χ3v) is 10.8. The number of phenolic OH excluding ortho intramolecular Hbond substituents is 2. The maximum atomic E-state index is 10.8. The Bertz CT molecular complexity index is 1370. The van der Waals surface area contributed by atoms with E-state index in [9.17, 15) is 21.0 Å². The van der Waals surface area contributed by atoms with Crippen molar-refractivity contribution in [3.05, 3.63) is 56.3 Å². The number of anilines is 2. The molecule has 1 radical (unpaired) electrons. The molecule has 0 unspecified atom stereocenters. The molecule has 231 valence electrons. The predicted molar refractivity (Wildman–Crippen MR) is 177 cm³/mol. The molecule has 0 fully saturated rings. The number of rotatable bonds is 2.